The lowest BCUT2D eigenvalue weighted by molar-refractivity contribution is -0.113. The molecule has 1 aromatic rings. The third-order valence-electron chi connectivity index (χ3n) is 4.33. The molecule has 8 heteroatoms. The van der Waals surface area contributed by atoms with Gasteiger partial charge in [-0.05, 0) is 30.5 Å². The van der Waals surface area contributed by atoms with E-state index < -0.39 is 9.84 Å². The van der Waals surface area contributed by atoms with Crippen molar-refractivity contribution in [2.45, 2.75) is 31.2 Å². The Labute approximate surface area is 152 Å². The molecule has 2 aliphatic heterocycles. The van der Waals surface area contributed by atoms with E-state index >= 15 is 0 Å². The molecule has 0 saturated carbocycles. The normalized spacial score (nSPS) is 21.7. The van der Waals surface area contributed by atoms with Crippen LogP contribution in [0.2, 0.25) is 0 Å². The van der Waals surface area contributed by atoms with Gasteiger partial charge in [-0.15, -0.1) is 11.8 Å². The molecule has 1 atom stereocenters. The second kappa shape index (κ2) is 6.99. The van der Waals surface area contributed by atoms with Gasteiger partial charge < -0.3 is 10.2 Å². The van der Waals surface area contributed by atoms with Crippen LogP contribution < -0.4 is 5.32 Å². The van der Waals surface area contributed by atoms with Crippen molar-refractivity contribution in [2.24, 2.45) is 5.92 Å². The van der Waals surface area contributed by atoms with Gasteiger partial charge in [0.25, 0.3) is 5.91 Å². The number of nitrogens with zero attached hydrogens (tertiary/aromatic N) is 1. The third-order valence-corrected chi connectivity index (χ3v) is 7.16. The standard InChI is InChI=1S/C17H22N2O4S2/c1-11(2)8-19(13-5-6-25(22,23)10-13)17(21)12-3-4-15-14(7-12)18-16(20)9-24-15/h3-4,7,11,13H,5-6,8-10H2,1-2H3,(H,18,20)/t13-/m1/s1. The average molecular weight is 383 g/mol. The molecule has 0 aliphatic carbocycles. The Hall–Kier alpha value is -1.54. The largest absolute Gasteiger partial charge is 0.334 e. The van der Waals surface area contributed by atoms with Crippen LogP contribution in [0.15, 0.2) is 23.1 Å². The topological polar surface area (TPSA) is 83.6 Å². The fourth-order valence-electron chi connectivity index (χ4n) is 3.19. The van der Waals surface area contributed by atoms with E-state index in [2.05, 4.69) is 5.32 Å². The van der Waals surface area contributed by atoms with Crippen molar-refractivity contribution in [3.63, 3.8) is 0 Å². The van der Waals surface area contributed by atoms with Crippen LogP contribution in [0.25, 0.3) is 0 Å². The van der Waals surface area contributed by atoms with E-state index in [4.69, 9.17) is 0 Å². The van der Waals surface area contributed by atoms with Crippen molar-refractivity contribution in [3.8, 4) is 0 Å². The zero-order valence-electron chi connectivity index (χ0n) is 14.3. The van der Waals surface area contributed by atoms with Crippen molar-refractivity contribution in [1.29, 1.82) is 0 Å². The smallest absolute Gasteiger partial charge is 0.254 e. The number of sulfone groups is 1. The minimum atomic E-state index is -3.07. The van der Waals surface area contributed by atoms with Gasteiger partial charge in [-0.2, -0.15) is 0 Å². The lowest BCUT2D eigenvalue weighted by Crippen LogP contribution is -2.43. The van der Waals surface area contributed by atoms with E-state index in [1.54, 1.807) is 17.0 Å². The van der Waals surface area contributed by atoms with Gasteiger partial charge in [0, 0.05) is 23.0 Å². The summed E-state index contributed by atoms with van der Waals surface area (Å²) in [6.45, 7) is 4.53. The molecule has 2 heterocycles. The lowest BCUT2D eigenvalue weighted by atomic mass is 10.1. The van der Waals surface area contributed by atoms with Gasteiger partial charge >= 0.3 is 0 Å². The molecule has 1 saturated heterocycles. The maximum atomic E-state index is 13.1. The first kappa shape index (κ1) is 18.3. The molecule has 1 aromatic carbocycles. The predicted molar refractivity (Wildman–Crippen MR) is 98.7 cm³/mol. The molecule has 0 unspecified atom stereocenters. The molecule has 0 radical (unpaired) electrons. The number of hydrogen-bond acceptors (Lipinski definition) is 5. The van der Waals surface area contributed by atoms with Gasteiger partial charge in [0.1, 0.15) is 0 Å². The number of hydrogen-bond donors (Lipinski definition) is 1. The number of fused-ring (bicyclic) bond motifs is 1. The Balaban J connectivity index is 1.87. The predicted octanol–water partition coefficient (Wildman–Crippen LogP) is 2.02. The third kappa shape index (κ3) is 4.17. The summed E-state index contributed by atoms with van der Waals surface area (Å²) in [5, 5.41) is 2.79. The minimum Gasteiger partial charge on any atom is -0.334 e. The molecule has 0 bridgehead atoms. The highest BCUT2D eigenvalue weighted by Crippen LogP contribution is 2.32. The Morgan fingerprint density at radius 2 is 2.16 bits per heavy atom. The van der Waals surface area contributed by atoms with Gasteiger partial charge in [-0.1, -0.05) is 13.8 Å². The average Bonchev–Trinajstić information content (AvgIpc) is 2.90. The van der Waals surface area contributed by atoms with Crippen LogP contribution in [0.1, 0.15) is 30.6 Å². The second-order valence-electron chi connectivity index (χ2n) is 6.96. The SMILES string of the molecule is CC(C)CN(C(=O)c1ccc2c(c1)NC(=O)CS2)[C@@H]1CCS(=O)(=O)C1. The first-order chi connectivity index (χ1) is 11.7. The Kier molecular flexibility index (Phi) is 5.11. The molecule has 1 N–H and O–H groups in total. The number of thioether (sulfide) groups is 1. The van der Waals surface area contributed by atoms with E-state index in [9.17, 15) is 18.0 Å². The Morgan fingerprint density at radius 1 is 1.40 bits per heavy atom. The van der Waals surface area contributed by atoms with E-state index in [0.29, 0.717) is 30.0 Å². The van der Waals surface area contributed by atoms with Crippen LogP contribution >= 0.6 is 11.8 Å². The molecule has 6 nitrogen and oxygen atoms in total. The molecule has 0 aromatic heterocycles. The molecular weight excluding hydrogens is 360 g/mol. The number of amides is 2. The molecule has 2 amide bonds. The summed E-state index contributed by atoms with van der Waals surface area (Å²) in [7, 11) is -3.07. The number of rotatable bonds is 4. The lowest BCUT2D eigenvalue weighted by Gasteiger charge is -2.30. The highest BCUT2D eigenvalue weighted by Gasteiger charge is 2.35. The first-order valence-corrected chi connectivity index (χ1v) is 11.1. The number of carbonyl (C=O) groups is 2. The van der Waals surface area contributed by atoms with Crippen molar-refractivity contribution >= 4 is 39.1 Å². The van der Waals surface area contributed by atoms with Crippen molar-refractivity contribution in [2.75, 3.05) is 29.1 Å². The van der Waals surface area contributed by atoms with Crippen LogP contribution in [0.4, 0.5) is 5.69 Å². The summed E-state index contributed by atoms with van der Waals surface area (Å²) in [5.41, 5.74) is 1.13. The highest BCUT2D eigenvalue weighted by atomic mass is 32.2. The summed E-state index contributed by atoms with van der Waals surface area (Å²) in [6.07, 6.45) is 0.484. The van der Waals surface area contributed by atoms with Gasteiger partial charge in [-0.3, -0.25) is 9.59 Å². The monoisotopic (exact) mass is 382 g/mol. The van der Waals surface area contributed by atoms with E-state index in [1.807, 2.05) is 19.9 Å². The summed E-state index contributed by atoms with van der Waals surface area (Å²) in [6, 6.07) is 5.01. The van der Waals surface area contributed by atoms with E-state index in [-0.39, 0.29) is 35.3 Å². The first-order valence-electron chi connectivity index (χ1n) is 8.33. The number of nitrogens with one attached hydrogen (secondary N) is 1. The van der Waals surface area contributed by atoms with Crippen LogP contribution in [-0.2, 0) is 14.6 Å². The molecule has 25 heavy (non-hydrogen) atoms. The molecule has 136 valence electrons. The maximum Gasteiger partial charge on any atom is 0.254 e. The Morgan fingerprint density at radius 3 is 2.80 bits per heavy atom. The highest BCUT2D eigenvalue weighted by molar-refractivity contribution is 8.00. The molecule has 3 rings (SSSR count). The second-order valence-corrected chi connectivity index (χ2v) is 10.2. The van der Waals surface area contributed by atoms with Crippen molar-refractivity contribution < 1.29 is 18.0 Å². The number of benzene rings is 1. The summed E-state index contributed by atoms with van der Waals surface area (Å²) >= 11 is 1.45. The summed E-state index contributed by atoms with van der Waals surface area (Å²) < 4.78 is 23.7. The van der Waals surface area contributed by atoms with Crippen molar-refractivity contribution in [3.05, 3.63) is 23.8 Å². The van der Waals surface area contributed by atoms with Gasteiger partial charge in [-0.25, -0.2) is 8.42 Å². The zero-order chi connectivity index (χ0) is 18.2. The Bertz CT molecular complexity index is 805. The van der Waals surface area contributed by atoms with Crippen LogP contribution in [0, 0.1) is 5.92 Å². The molecular formula is C17H22N2O4S2. The van der Waals surface area contributed by atoms with Gasteiger partial charge in [0.05, 0.1) is 22.9 Å². The minimum absolute atomic E-state index is 0.0307. The maximum absolute atomic E-state index is 13.1. The number of anilines is 1. The van der Waals surface area contributed by atoms with E-state index in [1.165, 1.54) is 11.8 Å². The zero-order valence-corrected chi connectivity index (χ0v) is 16.0. The van der Waals surface area contributed by atoms with Crippen LogP contribution in [0.5, 0.6) is 0 Å². The van der Waals surface area contributed by atoms with Crippen LogP contribution in [-0.4, -0.2) is 55.0 Å². The van der Waals surface area contributed by atoms with Gasteiger partial charge in [0.15, 0.2) is 9.84 Å². The quantitative estimate of drug-likeness (QED) is 0.861. The summed E-state index contributed by atoms with van der Waals surface area (Å²) in [4.78, 5) is 27.3. The molecule has 2 aliphatic rings. The molecule has 0 spiro atoms. The van der Waals surface area contributed by atoms with Crippen LogP contribution in [0.3, 0.4) is 0 Å². The number of carbonyl (C=O) groups excluding carboxylic acids is 2. The van der Waals surface area contributed by atoms with Gasteiger partial charge in [0.2, 0.25) is 5.91 Å². The molecule has 1 fully saturated rings. The van der Waals surface area contributed by atoms with Crippen molar-refractivity contribution in [1.82, 2.24) is 4.90 Å². The fraction of sp³-hybridized carbons (Fsp3) is 0.529. The van der Waals surface area contributed by atoms with E-state index in [0.717, 1.165) is 4.90 Å². The fourth-order valence-corrected chi connectivity index (χ4v) is 5.71. The summed E-state index contributed by atoms with van der Waals surface area (Å²) in [5.74, 6) is 0.519.